The van der Waals surface area contributed by atoms with Crippen molar-refractivity contribution in [3.8, 4) is 0 Å². The Hall–Kier alpha value is -3.12. The first-order valence-corrected chi connectivity index (χ1v) is 8.16. The van der Waals surface area contributed by atoms with Crippen LogP contribution in [0.4, 0.5) is 0 Å². The average molecular weight is 334 g/mol. The number of H-pyrrole nitrogens is 1. The summed E-state index contributed by atoms with van der Waals surface area (Å²) in [5, 5.41) is 1.07. The largest absolute Gasteiger partial charge is 0.361 e. The van der Waals surface area contributed by atoms with Gasteiger partial charge in [0.1, 0.15) is 0 Å². The van der Waals surface area contributed by atoms with Crippen molar-refractivity contribution in [1.82, 2.24) is 15.3 Å². The molecule has 0 aliphatic carbocycles. The van der Waals surface area contributed by atoms with E-state index in [9.17, 15) is 9.59 Å². The number of para-hydroxylation sites is 1. The van der Waals surface area contributed by atoms with Crippen molar-refractivity contribution < 1.29 is 9.59 Å². The number of aromatic nitrogens is 1. The van der Waals surface area contributed by atoms with Crippen LogP contribution in [-0.4, -0.2) is 28.2 Å². The van der Waals surface area contributed by atoms with Gasteiger partial charge in [-0.3, -0.25) is 15.0 Å². The van der Waals surface area contributed by atoms with Crippen molar-refractivity contribution >= 4 is 22.7 Å². The Morgan fingerprint density at radius 2 is 1.88 bits per heavy atom. The molecular weight excluding hydrogens is 316 g/mol. The lowest BCUT2D eigenvalue weighted by Crippen LogP contribution is -2.36. The van der Waals surface area contributed by atoms with E-state index >= 15 is 0 Å². The molecule has 2 aromatic carbocycles. The molecule has 2 amide bonds. The molecule has 1 aliphatic heterocycles. The summed E-state index contributed by atoms with van der Waals surface area (Å²) >= 11 is 0. The van der Waals surface area contributed by atoms with Gasteiger partial charge in [0.05, 0.1) is 6.04 Å². The fourth-order valence-corrected chi connectivity index (χ4v) is 3.55. The number of hydrogen-bond acceptors (Lipinski definition) is 3. The van der Waals surface area contributed by atoms with Gasteiger partial charge in [-0.05, 0) is 17.7 Å². The normalized spacial score (nSPS) is 16.3. The molecule has 0 spiro atoms. The van der Waals surface area contributed by atoms with Crippen LogP contribution < -0.4 is 11.3 Å². The number of hydrogen-bond donors (Lipinski definition) is 3. The topological polar surface area (TPSA) is 91.2 Å². The highest BCUT2D eigenvalue weighted by Gasteiger charge is 2.38. The molecule has 0 saturated heterocycles. The van der Waals surface area contributed by atoms with E-state index < -0.39 is 0 Å². The van der Waals surface area contributed by atoms with Crippen molar-refractivity contribution in [2.75, 3.05) is 6.54 Å². The van der Waals surface area contributed by atoms with E-state index in [0.717, 1.165) is 22.0 Å². The Morgan fingerprint density at radius 3 is 2.72 bits per heavy atom. The lowest BCUT2D eigenvalue weighted by atomic mass is 9.97. The van der Waals surface area contributed by atoms with Gasteiger partial charge in [0.25, 0.3) is 5.91 Å². The third-order valence-electron chi connectivity index (χ3n) is 4.71. The van der Waals surface area contributed by atoms with Crippen LogP contribution >= 0.6 is 0 Å². The average Bonchev–Trinajstić information content (AvgIpc) is 3.19. The summed E-state index contributed by atoms with van der Waals surface area (Å²) in [5.41, 5.74) is 5.82. The van der Waals surface area contributed by atoms with E-state index in [1.807, 2.05) is 54.7 Å². The molecule has 6 heteroatoms. The van der Waals surface area contributed by atoms with E-state index in [4.69, 9.17) is 5.84 Å². The number of carbonyl (C=O) groups is 2. The van der Waals surface area contributed by atoms with Gasteiger partial charge < -0.3 is 9.88 Å². The monoisotopic (exact) mass is 334 g/mol. The molecule has 4 rings (SSSR count). The van der Waals surface area contributed by atoms with Crippen LogP contribution in [0.2, 0.25) is 0 Å². The maximum atomic E-state index is 12.9. The standard InChI is InChI=1S/C19H18N4O2/c20-22-17(24)9-10-23-18(13-6-1-2-7-14(13)19(23)25)15-11-21-16-8-4-3-5-12(15)16/h1-8,11,18,21H,9-10,20H2,(H,22,24)/t18-/m1/s1. The summed E-state index contributed by atoms with van der Waals surface area (Å²) in [6, 6.07) is 15.4. The number of rotatable bonds is 4. The molecule has 0 fully saturated rings. The van der Waals surface area contributed by atoms with E-state index in [2.05, 4.69) is 10.4 Å². The van der Waals surface area contributed by atoms with Crippen LogP contribution in [0.25, 0.3) is 10.9 Å². The molecule has 0 radical (unpaired) electrons. The van der Waals surface area contributed by atoms with Crippen molar-refractivity contribution in [2.45, 2.75) is 12.5 Å². The number of aromatic amines is 1. The Kier molecular flexibility index (Phi) is 3.74. The minimum atomic E-state index is -0.290. The molecule has 0 unspecified atom stereocenters. The molecule has 2 heterocycles. The number of nitrogens with one attached hydrogen (secondary N) is 2. The Labute approximate surface area is 144 Å². The summed E-state index contributed by atoms with van der Waals surface area (Å²) in [7, 11) is 0. The van der Waals surface area contributed by atoms with E-state index in [0.29, 0.717) is 12.1 Å². The summed E-state index contributed by atoms with van der Waals surface area (Å²) in [5.74, 6) is 4.82. The molecular formula is C19H18N4O2. The third-order valence-corrected chi connectivity index (χ3v) is 4.71. The zero-order valence-electron chi connectivity index (χ0n) is 13.5. The zero-order chi connectivity index (χ0) is 17.4. The minimum Gasteiger partial charge on any atom is -0.361 e. The first kappa shape index (κ1) is 15.4. The van der Waals surface area contributed by atoms with Gasteiger partial charge in [0.15, 0.2) is 0 Å². The second-order valence-corrected chi connectivity index (χ2v) is 6.10. The van der Waals surface area contributed by atoms with Gasteiger partial charge in [-0.1, -0.05) is 36.4 Å². The lowest BCUT2D eigenvalue weighted by Gasteiger charge is -2.25. The molecule has 126 valence electrons. The summed E-state index contributed by atoms with van der Waals surface area (Å²) < 4.78 is 0. The van der Waals surface area contributed by atoms with Crippen LogP contribution in [-0.2, 0) is 4.79 Å². The van der Waals surface area contributed by atoms with Crippen molar-refractivity contribution in [3.63, 3.8) is 0 Å². The van der Waals surface area contributed by atoms with Crippen LogP contribution in [0.15, 0.2) is 54.7 Å². The van der Waals surface area contributed by atoms with Crippen molar-refractivity contribution in [2.24, 2.45) is 5.84 Å². The number of fused-ring (bicyclic) bond motifs is 2. The summed E-state index contributed by atoms with van der Waals surface area (Å²) in [6.45, 7) is 0.306. The van der Waals surface area contributed by atoms with Gasteiger partial charge >= 0.3 is 0 Å². The number of nitrogens with zero attached hydrogens (tertiary/aromatic N) is 1. The van der Waals surface area contributed by atoms with Crippen molar-refractivity contribution in [1.29, 1.82) is 0 Å². The van der Waals surface area contributed by atoms with Crippen LogP contribution in [0, 0.1) is 0 Å². The fraction of sp³-hybridized carbons (Fsp3) is 0.158. The SMILES string of the molecule is NNC(=O)CCN1C(=O)c2ccccc2[C@@H]1c1c[nH]c2ccccc12. The predicted molar refractivity (Wildman–Crippen MR) is 94.6 cm³/mol. The van der Waals surface area contributed by atoms with Crippen molar-refractivity contribution in [3.05, 3.63) is 71.4 Å². The molecule has 1 aliphatic rings. The highest BCUT2D eigenvalue weighted by Crippen LogP contribution is 2.40. The Morgan fingerprint density at radius 1 is 1.12 bits per heavy atom. The second kappa shape index (κ2) is 6.07. The minimum absolute atomic E-state index is 0.0595. The number of benzene rings is 2. The molecule has 4 N–H and O–H groups in total. The third kappa shape index (κ3) is 2.47. The Balaban J connectivity index is 1.81. The van der Waals surface area contributed by atoms with Gasteiger partial charge in [0, 0.05) is 41.2 Å². The number of amides is 2. The van der Waals surface area contributed by atoms with Gasteiger partial charge in [-0.15, -0.1) is 0 Å². The number of nitrogens with two attached hydrogens (primary N) is 1. The smallest absolute Gasteiger partial charge is 0.255 e. The lowest BCUT2D eigenvalue weighted by molar-refractivity contribution is -0.121. The van der Waals surface area contributed by atoms with E-state index in [1.165, 1.54) is 0 Å². The Bertz CT molecular complexity index is 963. The van der Waals surface area contributed by atoms with Crippen LogP contribution in [0.3, 0.4) is 0 Å². The van der Waals surface area contributed by atoms with Crippen LogP contribution in [0.5, 0.6) is 0 Å². The summed E-state index contributed by atoms with van der Waals surface area (Å²) in [4.78, 5) is 29.5. The van der Waals surface area contributed by atoms with Crippen LogP contribution in [0.1, 0.15) is 33.9 Å². The molecule has 0 saturated carbocycles. The fourth-order valence-electron chi connectivity index (χ4n) is 3.55. The highest BCUT2D eigenvalue weighted by atomic mass is 16.2. The first-order valence-electron chi connectivity index (χ1n) is 8.16. The van der Waals surface area contributed by atoms with E-state index in [-0.39, 0.29) is 24.3 Å². The zero-order valence-corrected chi connectivity index (χ0v) is 13.5. The predicted octanol–water partition coefficient (Wildman–Crippen LogP) is 2.09. The molecule has 25 heavy (non-hydrogen) atoms. The maximum Gasteiger partial charge on any atom is 0.255 e. The quantitative estimate of drug-likeness (QED) is 0.388. The summed E-state index contributed by atoms with van der Waals surface area (Å²) in [6.07, 6.45) is 2.11. The van der Waals surface area contributed by atoms with E-state index in [1.54, 1.807) is 4.90 Å². The van der Waals surface area contributed by atoms with Gasteiger partial charge in [-0.2, -0.15) is 0 Å². The highest BCUT2D eigenvalue weighted by molar-refractivity contribution is 6.01. The maximum absolute atomic E-state index is 12.9. The molecule has 1 atom stereocenters. The second-order valence-electron chi connectivity index (χ2n) is 6.10. The molecule has 6 nitrogen and oxygen atoms in total. The first-order chi connectivity index (χ1) is 12.2. The molecule has 1 aromatic heterocycles. The molecule has 3 aromatic rings. The van der Waals surface area contributed by atoms with Gasteiger partial charge in [0.2, 0.25) is 5.91 Å². The molecule has 0 bridgehead atoms. The number of hydrazine groups is 1. The van der Waals surface area contributed by atoms with Gasteiger partial charge in [-0.25, -0.2) is 5.84 Å². The number of carbonyl (C=O) groups excluding carboxylic acids is 2.